The van der Waals surface area contributed by atoms with Crippen LogP contribution >= 0.6 is 23.2 Å². The van der Waals surface area contributed by atoms with Crippen molar-refractivity contribution in [1.29, 1.82) is 0 Å². The zero-order chi connectivity index (χ0) is 12.7. The molecule has 0 bridgehead atoms. The summed E-state index contributed by atoms with van der Waals surface area (Å²) < 4.78 is 0. The second kappa shape index (κ2) is 4.97. The fraction of sp³-hybridized carbons (Fsp3) is 0.714. The van der Waals surface area contributed by atoms with Crippen molar-refractivity contribution in [2.45, 2.75) is 51.4 Å². The summed E-state index contributed by atoms with van der Waals surface area (Å²) in [4.78, 5) is 9.02. The molecule has 2 aliphatic carbocycles. The van der Waals surface area contributed by atoms with E-state index in [0.717, 1.165) is 23.2 Å². The van der Waals surface area contributed by atoms with Crippen LogP contribution in [0.25, 0.3) is 0 Å². The van der Waals surface area contributed by atoms with Gasteiger partial charge in [-0.05, 0) is 44.4 Å². The molecule has 2 saturated carbocycles. The van der Waals surface area contributed by atoms with Gasteiger partial charge in [0.15, 0.2) is 0 Å². The maximum absolute atomic E-state index is 6.16. The highest BCUT2D eigenvalue weighted by molar-refractivity contribution is 6.34. The second-order valence-electron chi connectivity index (χ2n) is 5.70. The molecule has 0 amide bonds. The molecule has 1 heterocycles. The lowest BCUT2D eigenvalue weighted by Gasteiger charge is -2.41. The van der Waals surface area contributed by atoms with E-state index < -0.39 is 0 Å². The Hall–Kier alpha value is -0.340. The van der Waals surface area contributed by atoms with Crippen molar-refractivity contribution in [1.82, 2.24) is 9.97 Å². The minimum atomic E-state index is 0.489. The molecule has 0 aromatic carbocycles. The third-order valence-corrected chi connectivity index (χ3v) is 5.39. The highest BCUT2D eigenvalue weighted by Crippen LogP contribution is 2.49. The number of hydrogen-bond donors (Lipinski definition) is 0. The Labute approximate surface area is 118 Å². The zero-order valence-electron chi connectivity index (χ0n) is 10.6. The lowest BCUT2D eigenvalue weighted by atomic mass is 9.64. The van der Waals surface area contributed by atoms with Crippen molar-refractivity contribution >= 4 is 23.2 Å². The largest absolute Gasteiger partial charge is 0.221 e. The molecule has 0 aliphatic heterocycles. The van der Waals surface area contributed by atoms with Crippen molar-refractivity contribution in [3.05, 3.63) is 21.7 Å². The summed E-state index contributed by atoms with van der Waals surface area (Å²) in [6.45, 7) is 1.87. The molecular formula is C14H18Cl2N2. The average molecular weight is 285 g/mol. The minimum Gasteiger partial charge on any atom is -0.221 e. The van der Waals surface area contributed by atoms with Gasteiger partial charge in [-0.3, -0.25) is 0 Å². The van der Waals surface area contributed by atoms with Crippen LogP contribution in [0.5, 0.6) is 0 Å². The molecule has 0 unspecified atom stereocenters. The fourth-order valence-electron chi connectivity index (χ4n) is 3.03. The van der Waals surface area contributed by atoms with Gasteiger partial charge >= 0.3 is 0 Å². The zero-order valence-corrected chi connectivity index (χ0v) is 12.1. The van der Waals surface area contributed by atoms with Gasteiger partial charge < -0.3 is 0 Å². The maximum Gasteiger partial charge on any atom is 0.137 e. The Morgan fingerprint density at radius 3 is 1.72 bits per heavy atom. The molecular weight excluding hydrogens is 267 g/mol. The van der Waals surface area contributed by atoms with Crippen molar-refractivity contribution in [3.8, 4) is 0 Å². The minimum absolute atomic E-state index is 0.489. The van der Waals surface area contributed by atoms with Crippen LogP contribution in [0.1, 0.15) is 55.8 Å². The molecule has 2 nitrogen and oxygen atoms in total. The lowest BCUT2D eigenvalue weighted by Crippen LogP contribution is -2.32. The molecule has 0 atom stereocenters. The molecule has 0 radical (unpaired) electrons. The van der Waals surface area contributed by atoms with E-state index in [1.807, 2.05) is 6.92 Å². The number of nitrogens with zero attached hydrogens (tertiary/aromatic N) is 2. The molecule has 0 saturated heterocycles. The predicted octanol–water partition coefficient (Wildman–Crippen LogP) is 4.78. The van der Waals surface area contributed by atoms with Crippen molar-refractivity contribution in [3.63, 3.8) is 0 Å². The van der Waals surface area contributed by atoms with Crippen LogP contribution in [0, 0.1) is 18.8 Å². The van der Waals surface area contributed by atoms with Crippen LogP contribution in [0.15, 0.2) is 0 Å². The van der Waals surface area contributed by atoms with Crippen LogP contribution in [0.3, 0.4) is 0 Å². The van der Waals surface area contributed by atoms with E-state index in [1.54, 1.807) is 0 Å². The molecule has 1 aromatic rings. The van der Waals surface area contributed by atoms with E-state index in [1.165, 1.54) is 38.5 Å². The molecule has 2 aliphatic rings. The van der Waals surface area contributed by atoms with Crippen LogP contribution in [-0.4, -0.2) is 9.97 Å². The molecule has 18 heavy (non-hydrogen) atoms. The van der Waals surface area contributed by atoms with E-state index in [4.69, 9.17) is 23.2 Å². The summed E-state index contributed by atoms with van der Waals surface area (Å²) in [5.41, 5.74) is 0.794. The van der Waals surface area contributed by atoms with Crippen LogP contribution in [0.2, 0.25) is 10.3 Å². The van der Waals surface area contributed by atoms with Gasteiger partial charge in [-0.15, -0.1) is 0 Å². The van der Waals surface area contributed by atoms with Gasteiger partial charge in [-0.1, -0.05) is 36.0 Å². The normalized spacial score (nSPS) is 20.9. The van der Waals surface area contributed by atoms with Gasteiger partial charge in [0, 0.05) is 11.5 Å². The molecule has 98 valence electrons. The molecule has 1 aromatic heterocycles. The summed E-state index contributed by atoms with van der Waals surface area (Å²) in [5, 5.41) is 1.04. The average Bonchev–Trinajstić information content (AvgIpc) is 2.19. The Bertz CT molecular complexity index is 416. The first-order valence-electron chi connectivity index (χ1n) is 6.86. The van der Waals surface area contributed by atoms with Crippen molar-refractivity contribution < 1.29 is 0 Å². The van der Waals surface area contributed by atoms with Gasteiger partial charge in [0.1, 0.15) is 16.1 Å². The number of hydrogen-bond acceptors (Lipinski definition) is 2. The molecule has 2 fully saturated rings. The first-order chi connectivity index (χ1) is 8.66. The highest BCUT2D eigenvalue weighted by atomic mass is 35.5. The van der Waals surface area contributed by atoms with Gasteiger partial charge in [0.25, 0.3) is 0 Å². The standard InChI is InChI=1S/C14H18Cl2N2/c1-8-12(15)17-14(18-13(8)16)11(9-4-2-5-9)10-6-3-7-10/h9-11H,2-7H2,1H3. The van der Waals surface area contributed by atoms with E-state index in [-0.39, 0.29) is 0 Å². The molecule has 3 rings (SSSR count). The molecule has 0 N–H and O–H groups in total. The molecule has 0 spiro atoms. The van der Waals surface area contributed by atoms with Crippen LogP contribution in [-0.2, 0) is 0 Å². The van der Waals surface area contributed by atoms with Crippen molar-refractivity contribution in [2.75, 3.05) is 0 Å². The van der Waals surface area contributed by atoms with E-state index in [2.05, 4.69) is 9.97 Å². The van der Waals surface area contributed by atoms with E-state index in [0.29, 0.717) is 16.2 Å². The summed E-state index contributed by atoms with van der Waals surface area (Å²) in [6, 6.07) is 0. The number of aromatic nitrogens is 2. The SMILES string of the molecule is Cc1c(Cl)nc(C(C2CCC2)C2CCC2)nc1Cl. The number of halogens is 2. The summed E-state index contributed by atoms with van der Waals surface area (Å²) in [5.74, 6) is 2.89. The fourth-order valence-corrected chi connectivity index (χ4v) is 3.43. The lowest BCUT2D eigenvalue weighted by molar-refractivity contribution is 0.143. The van der Waals surface area contributed by atoms with Gasteiger partial charge in [0.05, 0.1) is 0 Å². The first-order valence-corrected chi connectivity index (χ1v) is 7.62. The summed E-state index contributed by atoms with van der Waals surface area (Å²) in [7, 11) is 0. The van der Waals surface area contributed by atoms with Crippen LogP contribution in [0.4, 0.5) is 0 Å². The Morgan fingerprint density at radius 1 is 0.944 bits per heavy atom. The van der Waals surface area contributed by atoms with Crippen molar-refractivity contribution in [2.24, 2.45) is 11.8 Å². The van der Waals surface area contributed by atoms with Crippen LogP contribution < -0.4 is 0 Å². The topological polar surface area (TPSA) is 25.8 Å². The summed E-state index contributed by atoms with van der Waals surface area (Å²) in [6.07, 6.45) is 7.95. The summed E-state index contributed by atoms with van der Waals surface area (Å²) >= 11 is 12.3. The number of rotatable bonds is 3. The smallest absolute Gasteiger partial charge is 0.137 e. The third-order valence-electron chi connectivity index (χ3n) is 4.66. The Kier molecular flexibility index (Phi) is 3.50. The predicted molar refractivity (Wildman–Crippen MR) is 74.2 cm³/mol. The first kappa shape index (κ1) is 12.7. The molecule has 4 heteroatoms. The Morgan fingerprint density at radius 2 is 1.39 bits per heavy atom. The monoisotopic (exact) mass is 284 g/mol. The third kappa shape index (κ3) is 2.14. The Balaban J connectivity index is 1.93. The maximum atomic E-state index is 6.16. The van der Waals surface area contributed by atoms with Gasteiger partial charge in [-0.2, -0.15) is 0 Å². The van der Waals surface area contributed by atoms with E-state index in [9.17, 15) is 0 Å². The second-order valence-corrected chi connectivity index (χ2v) is 6.41. The highest BCUT2D eigenvalue weighted by Gasteiger charge is 2.39. The van der Waals surface area contributed by atoms with Gasteiger partial charge in [-0.25, -0.2) is 9.97 Å². The van der Waals surface area contributed by atoms with E-state index >= 15 is 0 Å². The van der Waals surface area contributed by atoms with Gasteiger partial charge in [0.2, 0.25) is 0 Å². The quantitative estimate of drug-likeness (QED) is 0.747.